The van der Waals surface area contributed by atoms with Gasteiger partial charge in [-0.2, -0.15) is 5.10 Å². The second-order valence-corrected chi connectivity index (χ2v) is 8.67. The van der Waals surface area contributed by atoms with Crippen LogP contribution in [0, 0.1) is 11.3 Å². The first-order chi connectivity index (χ1) is 14.6. The molecule has 5 rings (SSSR count). The van der Waals surface area contributed by atoms with Gasteiger partial charge in [-0.15, -0.1) is 0 Å². The number of nitrogens with zero attached hydrogens (tertiary/aromatic N) is 3. The Balaban J connectivity index is 1.42. The minimum absolute atomic E-state index is 0.0544. The molecule has 0 spiro atoms. The molecule has 2 aromatic heterocycles. The van der Waals surface area contributed by atoms with Crippen LogP contribution >= 0.6 is 0 Å². The standard InChI is InChI=1S/C25H27N3O2/c1-25-14-17-15-27-28(20-6-5-11-26-16-20)22(17)12-18(25)9-10-19(25)13-23(29)21-7-3-4-8-24(21)30-2/h3-8,11-12,15-16,19,23,29H,9-10,13-14H2,1-2H3/t19-,23?,25+/m1/s1. The fraction of sp³-hybridized carbons (Fsp3) is 0.360. The third-order valence-electron chi connectivity index (χ3n) is 7.05. The summed E-state index contributed by atoms with van der Waals surface area (Å²) >= 11 is 0. The average molecular weight is 402 g/mol. The first kappa shape index (κ1) is 19.1. The van der Waals surface area contributed by atoms with E-state index < -0.39 is 6.10 Å². The molecule has 2 aliphatic carbocycles. The van der Waals surface area contributed by atoms with E-state index in [9.17, 15) is 5.11 Å². The van der Waals surface area contributed by atoms with E-state index in [1.807, 2.05) is 53.5 Å². The third-order valence-corrected chi connectivity index (χ3v) is 7.05. The van der Waals surface area contributed by atoms with Gasteiger partial charge in [-0.1, -0.05) is 30.7 Å². The Morgan fingerprint density at radius 2 is 2.10 bits per heavy atom. The van der Waals surface area contributed by atoms with Crippen LogP contribution in [0.2, 0.25) is 0 Å². The van der Waals surface area contributed by atoms with Crippen molar-refractivity contribution in [2.24, 2.45) is 11.3 Å². The molecule has 3 atom stereocenters. The minimum Gasteiger partial charge on any atom is -0.496 e. The SMILES string of the molecule is COc1ccccc1C(O)C[C@H]1CCC2=Cc3c(cnn3-c3cccnc3)C[C@@]21C. The first-order valence-electron chi connectivity index (χ1n) is 10.6. The highest BCUT2D eigenvalue weighted by Gasteiger charge is 2.46. The van der Waals surface area contributed by atoms with Gasteiger partial charge in [0.1, 0.15) is 5.75 Å². The molecule has 0 bridgehead atoms. The van der Waals surface area contributed by atoms with Gasteiger partial charge in [-0.05, 0) is 66.9 Å². The quantitative estimate of drug-likeness (QED) is 0.670. The monoisotopic (exact) mass is 401 g/mol. The van der Waals surface area contributed by atoms with E-state index in [2.05, 4.69) is 23.1 Å². The lowest BCUT2D eigenvalue weighted by Gasteiger charge is -2.37. The van der Waals surface area contributed by atoms with Crippen LogP contribution in [0.3, 0.4) is 0 Å². The van der Waals surface area contributed by atoms with Gasteiger partial charge in [-0.25, -0.2) is 4.68 Å². The fourth-order valence-corrected chi connectivity index (χ4v) is 5.33. The minimum atomic E-state index is -0.526. The maximum atomic E-state index is 11.0. The van der Waals surface area contributed by atoms with Gasteiger partial charge in [0.25, 0.3) is 0 Å². The molecule has 1 N–H and O–H groups in total. The molecule has 5 nitrogen and oxygen atoms in total. The van der Waals surface area contributed by atoms with Crippen molar-refractivity contribution in [1.82, 2.24) is 14.8 Å². The van der Waals surface area contributed by atoms with Crippen LogP contribution in [0.5, 0.6) is 5.75 Å². The number of ether oxygens (including phenoxy) is 1. The van der Waals surface area contributed by atoms with Crippen molar-refractivity contribution in [3.8, 4) is 11.4 Å². The number of para-hydroxylation sites is 1. The van der Waals surface area contributed by atoms with E-state index in [0.29, 0.717) is 5.92 Å². The van der Waals surface area contributed by atoms with Gasteiger partial charge < -0.3 is 9.84 Å². The molecule has 30 heavy (non-hydrogen) atoms. The summed E-state index contributed by atoms with van der Waals surface area (Å²) in [5, 5.41) is 15.7. The van der Waals surface area contributed by atoms with Gasteiger partial charge >= 0.3 is 0 Å². The van der Waals surface area contributed by atoms with Crippen LogP contribution in [0.25, 0.3) is 11.8 Å². The molecule has 0 saturated heterocycles. The van der Waals surface area contributed by atoms with Gasteiger partial charge in [0.15, 0.2) is 0 Å². The highest BCUT2D eigenvalue weighted by Crippen LogP contribution is 2.55. The summed E-state index contributed by atoms with van der Waals surface area (Å²) in [4.78, 5) is 4.24. The number of hydrogen-bond donors (Lipinski definition) is 1. The second kappa shape index (κ2) is 7.40. The predicted molar refractivity (Wildman–Crippen MR) is 116 cm³/mol. The number of allylic oxidation sites excluding steroid dienone is 1. The molecule has 154 valence electrons. The predicted octanol–water partition coefficient (Wildman–Crippen LogP) is 4.76. The summed E-state index contributed by atoms with van der Waals surface area (Å²) in [5.74, 6) is 1.17. The molecule has 2 heterocycles. The van der Waals surface area contributed by atoms with Crippen LogP contribution in [0.4, 0.5) is 0 Å². The normalized spacial score (nSPS) is 23.4. The molecule has 5 heteroatoms. The molecule has 1 aromatic carbocycles. The number of methoxy groups -OCH3 is 1. The number of hydrogen-bond acceptors (Lipinski definition) is 4. The molecule has 0 radical (unpaired) electrons. The largest absolute Gasteiger partial charge is 0.496 e. The summed E-state index contributed by atoms with van der Waals surface area (Å²) in [7, 11) is 1.66. The number of aliphatic hydroxyl groups is 1. The topological polar surface area (TPSA) is 60.2 Å². The molecule has 0 aliphatic heterocycles. The van der Waals surface area contributed by atoms with E-state index in [0.717, 1.165) is 42.7 Å². The maximum absolute atomic E-state index is 11.0. The molecule has 1 unspecified atom stereocenters. The fourth-order valence-electron chi connectivity index (χ4n) is 5.33. The van der Waals surface area contributed by atoms with E-state index in [1.165, 1.54) is 16.8 Å². The van der Waals surface area contributed by atoms with Crippen molar-refractivity contribution >= 4 is 6.08 Å². The Bertz CT molecular complexity index is 1090. The Morgan fingerprint density at radius 1 is 1.23 bits per heavy atom. The summed E-state index contributed by atoms with van der Waals surface area (Å²) < 4.78 is 7.46. The van der Waals surface area contributed by atoms with Crippen LogP contribution in [-0.2, 0) is 6.42 Å². The van der Waals surface area contributed by atoms with Gasteiger partial charge in [0.2, 0.25) is 0 Å². The lowest BCUT2D eigenvalue weighted by atomic mass is 9.68. The molecule has 0 amide bonds. The van der Waals surface area contributed by atoms with Crippen molar-refractivity contribution < 1.29 is 9.84 Å². The summed E-state index contributed by atoms with van der Waals surface area (Å²) in [6, 6.07) is 11.8. The lowest BCUT2D eigenvalue weighted by molar-refractivity contribution is 0.110. The molecule has 2 aliphatic rings. The Labute approximate surface area is 177 Å². The van der Waals surface area contributed by atoms with Crippen LogP contribution in [-0.4, -0.2) is 27.0 Å². The van der Waals surface area contributed by atoms with Gasteiger partial charge in [-0.3, -0.25) is 4.98 Å². The molecular weight excluding hydrogens is 374 g/mol. The van der Waals surface area contributed by atoms with Gasteiger partial charge in [0, 0.05) is 11.8 Å². The van der Waals surface area contributed by atoms with E-state index in [1.54, 1.807) is 13.3 Å². The van der Waals surface area contributed by atoms with Crippen LogP contribution < -0.4 is 4.74 Å². The number of rotatable bonds is 5. The highest BCUT2D eigenvalue weighted by molar-refractivity contribution is 5.61. The second-order valence-electron chi connectivity index (χ2n) is 8.67. The highest BCUT2D eigenvalue weighted by atomic mass is 16.5. The van der Waals surface area contributed by atoms with E-state index in [-0.39, 0.29) is 5.41 Å². The van der Waals surface area contributed by atoms with Crippen LogP contribution in [0.15, 0.2) is 60.6 Å². The van der Waals surface area contributed by atoms with E-state index in [4.69, 9.17) is 4.74 Å². The van der Waals surface area contributed by atoms with Crippen molar-refractivity contribution in [3.05, 3.63) is 77.4 Å². The zero-order valence-corrected chi connectivity index (χ0v) is 17.5. The average Bonchev–Trinajstić information content (AvgIpc) is 3.32. The lowest BCUT2D eigenvalue weighted by Crippen LogP contribution is -2.30. The zero-order chi connectivity index (χ0) is 20.7. The molecular formula is C25H27N3O2. The Hall–Kier alpha value is -2.92. The third kappa shape index (κ3) is 3.05. The Morgan fingerprint density at radius 3 is 2.90 bits per heavy atom. The van der Waals surface area contributed by atoms with Crippen LogP contribution in [0.1, 0.15) is 49.1 Å². The number of aliphatic hydroxyl groups excluding tert-OH is 1. The summed E-state index contributed by atoms with van der Waals surface area (Å²) in [6.07, 6.45) is 11.3. The Kier molecular flexibility index (Phi) is 4.70. The molecule has 1 fully saturated rings. The van der Waals surface area contributed by atoms with E-state index >= 15 is 0 Å². The smallest absolute Gasteiger partial charge is 0.124 e. The summed E-state index contributed by atoms with van der Waals surface area (Å²) in [6.45, 7) is 2.36. The van der Waals surface area contributed by atoms with Crippen molar-refractivity contribution in [1.29, 1.82) is 0 Å². The van der Waals surface area contributed by atoms with Crippen molar-refractivity contribution in [2.45, 2.75) is 38.7 Å². The molecule has 3 aromatic rings. The van der Waals surface area contributed by atoms with Crippen molar-refractivity contribution in [2.75, 3.05) is 7.11 Å². The van der Waals surface area contributed by atoms with Gasteiger partial charge in [0.05, 0.1) is 37.0 Å². The maximum Gasteiger partial charge on any atom is 0.124 e. The zero-order valence-electron chi connectivity index (χ0n) is 17.5. The first-order valence-corrected chi connectivity index (χ1v) is 10.6. The number of fused-ring (bicyclic) bond motifs is 2. The summed E-state index contributed by atoms with van der Waals surface area (Å²) in [5.41, 5.74) is 5.82. The molecule has 1 saturated carbocycles. The number of pyridine rings is 1. The van der Waals surface area contributed by atoms with Crippen molar-refractivity contribution in [3.63, 3.8) is 0 Å². The number of aromatic nitrogens is 3. The number of benzene rings is 1.